The molecule has 0 bridgehead atoms. The monoisotopic (exact) mass is 126 g/mol. The van der Waals surface area contributed by atoms with Crippen molar-refractivity contribution in [3.63, 3.8) is 0 Å². The lowest BCUT2D eigenvalue weighted by molar-refractivity contribution is 0.0995. The number of hydrazine groups is 1. The molecule has 1 heterocycles. The number of hydrogen-bond acceptors (Lipinski definition) is 2. The summed E-state index contributed by atoms with van der Waals surface area (Å²) < 4.78 is 0. The average molecular weight is 126 g/mol. The summed E-state index contributed by atoms with van der Waals surface area (Å²) in [4.78, 5) is 0. The third kappa shape index (κ3) is 1.08. The van der Waals surface area contributed by atoms with E-state index in [2.05, 4.69) is 37.1 Å². The first-order valence-corrected chi connectivity index (χ1v) is 3.39. The van der Waals surface area contributed by atoms with Crippen LogP contribution in [0.4, 0.5) is 0 Å². The molecule has 2 nitrogen and oxygen atoms in total. The molecule has 0 spiro atoms. The highest BCUT2D eigenvalue weighted by Crippen LogP contribution is 2.14. The van der Waals surface area contributed by atoms with Crippen LogP contribution < -0.4 is 0 Å². The minimum absolute atomic E-state index is 1.07. The van der Waals surface area contributed by atoms with Gasteiger partial charge in [0.2, 0.25) is 0 Å². The SMILES string of the molecule is CCC1=CCN(C)N1C. The molecule has 0 N–H and O–H groups in total. The first kappa shape index (κ1) is 6.62. The standard InChI is InChI=1S/C7H14N2/c1-4-7-5-6-8(2)9(7)3/h5H,4,6H2,1-3H3. The zero-order valence-corrected chi connectivity index (χ0v) is 6.39. The summed E-state index contributed by atoms with van der Waals surface area (Å²) in [5, 5.41) is 4.39. The Morgan fingerprint density at radius 1 is 1.56 bits per heavy atom. The van der Waals surface area contributed by atoms with Gasteiger partial charge < -0.3 is 5.01 Å². The van der Waals surface area contributed by atoms with Crippen LogP contribution in [0.15, 0.2) is 11.8 Å². The Hall–Kier alpha value is -0.500. The molecule has 2 heteroatoms. The second kappa shape index (κ2) is 2.40. The summed E-state index contributed by atoms with van der Waals surface area (Å²) in [5.41, 5.74) is 1.43. The number of allylic oxidation sites excluding steroid dienone is 1. The van der Waals surface area contributed by atoms with Gasteiger partial charge in [0.05, 0.1) is 0 Å². The van der Waals surface area contributed by atoms with Crippen LogP contribution in [-0.4, -0.2) is 30.7 Å². The molecule has 0 aromatic heterocycles. The van der Waals surface area contributed by atoms with Crippen LogP contribution in [0.25, 0.3) is 0 Å². The summed E-state index contributed by atoms with van der Waals surface area (Å²) in [5.74, 6) is 0. The van der Waals surface area contributed by atoms with E-state index in [1.54, 1.807) is 0 Å². The Labute approximate surface area is 56.7 Å². The highest BCUT2D eigenvalue weighted by Gasteiger charge is 2.12. The van der Waals surface area contributed by atoms with Gasteiger partial charge in [0.1, 0.15) is 0 Å². The highest BCUT2D eigenvalue weighted by molar-refractivity contribution is 5.04. The highest BCUT2D eigenvalue weighted by atomic mass is 15.6. The Balaban J connectivity index is 2.55. The van der Waals surface area contributed by atoms with Gasteiger partial charge in [-0.25, -0.2) is 5.01 Å². The van der Waals surface area contributed by atoms with Gasteiger partial charge in [0.25, 0.3) is 0 Å². The molecule has 0 atom stereocenters. The predicted molar refractivity (Wildman–Crippen MR) is 38.8 cm³/mol. The minimum Gasteiger partial charge on any atom is -0.313 e. The molecule has 0 radical (unpaired) electrons. The Kier molecular flexibility index (Phi) is 1.76. The molecular formula is C7H14N2. The van der Waals surface area contributed by atoms with E-state index in [0.29, 0.717) is 0 Å². The molecule has 0 aromatic rings. The van der Waals surface area contributed by atoms with Gasteiger partial charge in [0, 0.05) is 26.3 Å². The maximum Gasteiger partial charge on any atom is 0.0378 e. The summed E-state index contributed by atoms with van der Waals surface area (Å²) >= 11 is 0. The molecule has 0 aromatic carbocycles. The van der Waals surface area contributed by atoms with E-state index in [0.717, 1.165) is 13.0 Å². The Morgan fingerprint density at radius 2 is 2.22 bits per heavy atom. The molecule has 1 aliphatic rings. The topological polar surface area (TPSA) is 6.48 Å². The van der Waals surface area contributed by atoms with Crippen LogP contribution in [-0.2, 0) is 0 Å². The summed E-state index contributed by atoms with van der Waals surface area (Å²) in [6, 6.07) is 0. The van der Waals surface area contributed by atoms with Crippen molar-refractivity contribution in [2.45, 2.75) is 13.3 Å². The Morgan fingerprint density at radius 3 is 2.44 bits per heavy atom. The van der Waals surface area contributed by atoms with Gasteiger partial charge in [-0.15, -0.1) is 0 Å². The van der Waals surface area contributed by atoms with E-state index in [9.17, 15) is 0 Å². The van der Waals surface area contributed by atoms with E-state index >= 15 is 0 Å². The largest absolute Gasteiger partial charge is 0.313 e. The quantitative estimate of drug-likeness (QED) is 0.518. The molecule has 9 heavy (non-hydrogen) atoms. The fourth-order valence-electron chi connectivity index (χ4n) is 1.08. The second-order valence-corrected chi connectivity index (χ2v) is 2.41. The van der Waals surface area contributed by atoms with E-state index in [1.165, 1.54) is 5.70 Å². The lowest BCUT2D eigenvalue weighted by atomic mass is 10.3. The van der Waals surface area contributed by atoms with Crippen LogP contribution in [0, 0.1) is 0 Å². The fraction of sp³-hybridized carbons (Fsp3) is 0.714. The minimum atomic E-state index is 1.07. The van der Waals surface area contributed by atoms with Gasteiger partial charge in [-0.3, -0.25) is 0 Å². The van der Waals surface area contributed by atoms with Gasteiger partial charge >= 0.3 is 0 Å². The second-order valence-electron chi connectivity index (χ2n) is 2.41. The zero-order valence-electron chi connectivity index (χ0n) is 6.39. The van der Waals surface area contributed by atoms with Crippen LogP contribution in [0.1, 0.15) is 13.3 Å². The number of likely N-dealkylation sites (N-methyl/N-ethyl adjacent to an activating group) is 1. The average Bonchev–Trinajstić information content (AvgIpc) is 2.15. The lowest BCUT2D eigenvalue weighted by Gasteiger charge is -2.23. The zero-order chi connectivity index (χ0) is 6.85. The third-order valence-electron chi connectivity index (χ3n) is 1.88. The van der Waals surface area contributed by atoms with E-state index in [1.807, 2.05) is 0 Å². The third-order valence-corrected chi connectivity index (χ3v) is 1.88. The van der Waals surface area contributed by atoms with Crippen molar-refractivity contribution in [1.29, 1.82) is 0 Å². The molecular weight excluding hydrogens is 112 g/mol. The molecule has 0 unspecified atom stereocenters. The van der Waals surface area contributed by atoms with Crippen molar-refractivity contribution in [2.24, 2.45) is 0 Å². The van der Waals surface area contributed by atoms with Crippen molar-refractivity contribution in [1.82, 2.24) is 10.0 Å². The molecule has 0 saturated carbocycles. The van der Waals surface area contributed by atoms with Crippen molar-refractivity contribution in [3.05, 3.63) is 11.8 Å². The molecule has 52 valence electrons. The summed E-state index contributed by atoms with van der Waals surface area (Å²) in [7, 11) is 4.20. The van der Waals surface area contributed by atoms with Crippen molar-refractivity contribution in [2.75, 3.05) is 20.6 Å². The van der Waals surface area contributed by atoms with E-state index in [-0.39, 0.29) is 0 Å². The predicted octanol–water partition coefficient (Wildman–Crippen LogP) is 1.07. The van der Waals surface area contributed by atoms with Gasteiger partial charge in [-0.1, -0.05) is 6.92 Å². The normalized spacial score (nSPS) is 20.8. The van der Waals surface area contributed by atoms with Gasteiger partial charge in [0.15, 0.2) is 0 Å². The van der Waals surface area contributed by atoms with Crippen LogP contribution in [0.3, 0.4) is 0 Å². The lowest BCUT2D eigenvalue weighted by Crippen LogP contribution is -2.29. The first-order chi connectivity index (χ1) is 4.25. The molecule has 1 aliphatic heterocycles. The van der Waals surface area contributed by atoms with Crippen LogP contribution in [0.2, 0.25) is 0 Å². The van der Waals surface area contributed by atoms with E-state index < -0.39 is 0 Å². The molecule has 0 aliphatic carbocycles. The molecule has 0 amide bonds. The Bertz CT molecular complexity index is 129. The van der Waals surface area contributed by atoms with Crippen molar-refractivity contribution < 1.29 is 0 Å². The van der Waals surface area contributed by atoms with Crippen LogP contribution >= 0.6 is 0 Å². The van der Waals surface area contributed by atoms with Crippen molar-refractivity contribution in [3.8, 4) is 0 Å². The van der Waals surface area contributed by atoms with Crippen LogP contribution in [0.5, 0.6) is 0 Å². The molecule has 0 fully saturated rings. The van der Waals surface area contributed by atoms with E-state index in [4.69, 9.17) is 0 Å². The summed E-state index contributed by atoms with van der Waals surface area (Å²) in [6.07, 6.45) is 3.40. The smallest absolute Gasteiger partial charge is 0.0378 e. The first-order valence-electron chi connectivity index (χ1n) is 3.39. The number of rotatable bonds is 1. The number of nitrogens with zero attached hydrogens (tertiary/aromatic N) is 2. The molecule has 1 rings (SSSR count). The maximum atomic E-state index is 2.26. The van der Waals surface area contributed by atoms with Gasteiger partial charge in [-0.05, 0) is 12.5 Å². The maximum absolute atomic E-state index is 2.26. The summed E-state index contributed by atoms with van der Waals surface area (Å²) in [6.45, 7) is 3.25. The fourth-order valence-corrected chi connectivity index (χ4v) is 1.08. The van der Waals surface area contributed by atoms with Gasteiger partial charge in [-0.2, -0.15) is 0 Å². The van der Waals surface area contributed by atoms with Crippen molar-refractivity contribution >= 4 is 0 Å². The molecule has 0 saturated heterocycles. The number of hydrogen-bond donors (Lipinski definition) is 0.